The molecule has 0 spiro atoms. The van der Waals surface area contributed by atoms with E-state index < -0.39 is 52.9 Å². The van der Waals surface area contributed by atoms with Crippen LogP contribution < -0.4 is 5.32 Å². The summed E-state index contributed by atoms with van der Waals surface area (Å²) >= 11 is 3.27. The summed E-state index contributed by atoms with van der Waals surface area (Å²) in [5.41, 5.74) is -1.20. The van der Waals surface area contributed by atoms with Crippen molar-refractivity contribution in [2.24, 2.45) is 11.8 Å². The Labute approximate surface area is 182 Å². The molecule has 2 N–H and O–H groups in total. The Balaban J connectivity index is 1.89. The minimum atomic E-state index is -4.76. The fraction of sp³-hybridized carbons (Fsp3) is 0.286. The Morgan fingerprint density at radius 1 is 1.06 bits per heavy atom. The van der Waals surface area contributed by atoms with Gasteiger partial charge in [0.1, 0.15) is 11.6 Å². The van der Waals surface area contributed by atoms with E-state index in [0.29, 0.717) is 11.6 Å². The van der Waals surface area contributed by atoms with Crippen LogP contribution in [-0.4, -0.2) is 22.8 Å². The molecule has 1 aliphatic carbocycles. The van der Waals surface area contributed by atoms with Crippen molar-refractivity contribution in [1.82, 2.24) is 0 Å². The Morgan fingerprint density at radius 2 is 1.71 bits per heavy atom. The zero-order valence-corrected chi connectivity index (χ0v) is 17.3. The van der Waals surface area contributed by atoms with E-state index in [-0.39, 0.29) is 24.7 Å². The second-order valence-electron chi connectivity index (χ2n) is 7.26. The van der Waals surface area contributed by atoms with E-state index in [9.17, 15) is 37.1 Å². The number of halogens is 5. The third-order valence-electron chi connectivity index (χ3n) is 5.24. The van der Waals surface area contributed by atoms with Crippen LogP contribution in [0.4, 0.5) is 23.2 Å². The number of aliphatic carboxylic acids is 1. The van der Waals surface area contributed by atoms with Crippen molar-refractivity contribution >= 4 is 39.3 Å². The fourth-order valence-electron chi connectivity index (χ4n) is 3.76. The molecule has 0 saturated heterocycles. The lowest BCUT2D eigenvalue weighted by Crippen LogP contribution is -2.43. The Hall–Kier alpha value is -2.75. The number of benzene rings is 2. The number of alkyl halides is 3. The molecular weight excluding hydrogens is 486 g/mol. The van der Waals surface area contributed by atoms with E-state index in [0.717, 1.165) is 10.5 Å². The standard InChI is InChI=1S/C21H16BrF4NO4/c22-12-4-1-10(2-5-12)14-8-13(28)9-15(18(14)20(30)31)19(29)27-17-6-3-11(7-16(17)23)21(24,25)26/h1-7,14-15,18H,8-9H2,(H,27,29)(H,30,31)/t14-,15-,18+/m0/s1. The van der Waals surface area contributed by atoms with E-state index >= 15 is 0 Å². The van der Waals surface area contributed by atoms with E-state index in [4.69, 9.17) is 0 Å². The number of anilines is 1. The Bertz CT molecular complexity index is 1020. The summed E-state index contributed by atoms with van der Waals surface area (Å²) in [4.78, 5) is 37.1. The molecule has 1 saturated carbocycles. The number of nitrogens with one attached hydrogen (secondary N) is 1. The summed E-state index contributed by atoms with van der Waals surface area (Å²) in [6.07, 6.45) is -5.19. The molecule has 0 heterocycles. The first-order valence-corrected chi connectivity index (χ1v) is 9.94. The second kappa shape index (κ2) is 8.78. The summed E-state index contributed by atoms with van der Waals surface area (Å²) in [6, 6.07) is 8.25. The van der Waals surface area contributed by atoms with Gasteiger partial charge in [0.15, 0.2) is 0 Å². The lowest BCUT2D eigenvalue weighted by atomic mass is 9.68. The number of rotatable bonds is 4. The predicted molar refractivity (Wildman–Crippen MR) is 106 cm³/mol. The molecule has 1 amide bonds. The second-order valence-corrected chi connectivity index (χ2v) is 8.17. The van der Waals surface area contributed by atoms with Crippen molar-refractivity contribution in [3.63, 3.8) is 0 Å². The third kappa shape index (κ3) is 5.12. The highest BCUT2D eigenvalue weighted by atomic mass is 79.9. The van der Waals surface area contributed by atoms with E-state index in [1.807, 2.05) is 0 Å². The van der Waals surface area contributed by atoms with Crippen molar-refractivity contribution in [3.8, 4) is 0 Å². The number of carboxylic acids is 1. The molecule has 0 unspecified atom stereocenters. The summed E-state index contributed by atoms with van der Waals surface area (Å²) < 4.78 is 53.0. The highest BCUT2D eigenvalue weighted by molar-refractivity contribution is 9.10. The topological polar surface area (TPSA) is 83.5 Å². The van der Waals surface area contributed by atoms with Gasteiger partial charge in [-0.3, -0.25) is 14.4 Å². The lowest BCUT2D eigenvalue weighted by molar-refractivity contribution is -0.150. The molecular formula is C21H16BrF4NO4. The highest BCUT2D eigenvalue weighted by Gasteiger charge is 2.46. The van der Waals surface area contributed by atoms with E-state index in [1.54, 1.807) is 24.3 Å². The van der Waals surface area contributed by atoms with E-state index in [1.165, 1.54) is 0 Å². The first kappa shape index (κ1) is 22.9. The van der Waals surface area contributed by atoms with Crippen LogP contribution >= 0.6 is 15.9 Å². The van der Waals surface area contributed by atoms with Crippen LogP contribution in [0, 0.1) is 17.7 Å². The van der Waals surface area contributed by atoms with Gasteiger partial charge in [0.05, 0.1) is 23.1 Å². The fourth-order valence-corrected chi connectivity index (χ4v) is 4.03. The summed E-state index contributed by atoms with van der Waals surface area (Å²) in [6.45, 7) is 0. The third-order valence-corrected chi connectivity index (χ3v) is 5.77. The van der Waals surface area contributed by atoms with Gasteiger partial charge in [0.2, 0.25) is 5.91 Å². The highest BCUT2D eigenvalue weighted by Crippen LogP contribution is 2.41. The minimum Gasteiger partial charge on any atom is -0.481 e. The lowest BCUT2D eigenvalue weighted by Gasteiger charge is -2.34. The zero-order chi connectivity index (χ0) is 22.9. The van der Waals surface area contributed by atoms with Gasteiger partial charge in [-0.05, 0) is 35.9 Å². The van der Waals surface area contributed by atoms with Crippen LogP contribution in [-0.2, 0) is 20.6 Å². The maximum absolute atomic E-state index is 14.1. The molecule has 1 fully saturated rings. The summed E-state index contributed by atoms with van der Waals surface area (Å²) in [5.74, 6) is -7.25. The Morgan fingerprint density at radius 3 is 2.26 bits per heavy atom. The number of Topliss-reactive ketones (excluding diaryl/α,β-unsaturated/α-hetero) is 1. The van der Waals surface area contributed by atoms with Gasteiger partial charge < -0.3 is 10.4 Å². The van der Waals surface area contributed by atoms with Crippen molar-refractivity contribution in [1.29, 1.82) is 0 Å². The summed E-state index contributed by atoms with van der Waals surface area (Å²) in [7, 11) is 0. The normalized spacial score (nSPS) is 21.6. The van der Waals surface area contributed by atoms with Gasteiger partial charge in [-0.1, -0.05) is 28.1 Å². The summed E-state index contributed by atoms with van der Waals surface area (Å²) in [5, 5.41) is 11.9. The van der Waals surface area contributed by atoms with Crippen molar-refractivity contribution < 1.29 is 37.1 Å². The molecule has 0 aliphatic heterocycles. The molecule has 0 aromatic heterocycles. The number of hydrogen-bond donors (Lipinski definition) is 2. The molecule has 31 heavy (non-hydrogen) atoms. The first-order valence-electron chi connectivity index (χ1n) is 9.15. The molecule has 2 aromatic carbocycles. The van der Waals surface area contributed by atoms with Crippen molar-refractivity contribution in [2.75, 3.05) is 5.32 Å². The molecule has 164 valence electrons. The average Bonchev–Trinajstić information content (AvgIpc) is 2.68. The van der Waals surface area contributed by atoms with Crippen LogP contribution in [0.25, 0.3) is 0 Å². The number of ketones is 1. The molecule has 3 rings (SSSR count). The molecule has 0 radical (unpaired) electrons. The zero-order valence-electron chi connectivity index (χ0n) is 15.7. The molecule has 3 atom stereocenters. The predicted octanol–water partition coefficient (Wildman–Crippen LogP) is 5.01. The quantitative estimate of drug-likeness (QED) is 0.576. The van der Waals surface area contributed by atoms with Gasteiger partial charge in [-0.25, -0.2) is 4.39 Å². The first-order chi connectivity index (χ1) is 14.5. The average molecular weight is 502 g/mol. The van der Waals surface area contributed by atoms with Crippen LogP contribution in [0.1, 0.15) is 29.9 Å². The largest absolute Gasteiger partial charge is 0.481 e. The minimum absolute atomic E-state index is 0.0724. The van der Waals surface area contributed by atoms with Gasteiger partial charge >= 0.3 is 12.1 Å². The van der Waals surface area contributed by atoms with Crippen LogP contribution in [0.3, 0.4) is 0 Å². The van der Waals surface area contributed by atoms with Crippen molar-refractivity contribution in [3.05, 3.63) is 63.9 Å². The van der Waals surface area contributed by atoms with E-state index in [2.05, 4.69) is 21.2 Å². The van der Waals surface area contributed by atoms with Gasteiger partial charge in [0.25, 0.3) is 0 Å². The van der Waals surface area contributed by atoms with Crippen LogP contribution in [0.5, 0.6) is 0 Å². The smallest absolute Gasteiger partial charge is 0.416 e. The van der Waals surface area contributed by atoms with Gasteiger partial charge in [-0.2, -0.15) is 13.2 Å². The SMILES string of the molecule is O=C1C[C@H](C(=O)Nc2ccc(C(F)(F)F)cc2F)[C@H](C(=O)O)[C@H](c2ccc(Br)cc2)C1. The maximum atomic E-state index is 14.1. The van der Waals surface area contributed by atoms with Crippen LogP contribution in [0.15, 0.2) is 46.9 Å². The monoisotopic (exact) mass is 501 g/mol. The number of carbonyl (C=O) groups is 3. The maximum Gasteiger partial charge on any atom is 0.416 e. The molecule has 1 aliphatic rings. The number of carboxylic acid groups (broad SMARTS) is 1. The van der Waals surface area contributed by atoms with Crippen molar-refractivity contribution in [2.45, 2.75) is 24.9 Å². The molecule has 5 nitrogen and oxygen atoms in total. The van der Waals surface area contributed by atoms with Gasteiger partial charge in [-0.15, -0.1) is 0 Å². The number of carbonyl (C=O) groups excluding carboxylic acids is 2. The Kier molecular flexibility index (Phi) is 6.49. The molecule has 2 aromatic rings. The van der Waals surface area contributed by atoms with Crippen LogP contribution in [0.2, 0.25) is 0 Å². The van der Waals surface area contributed by atoms with Gasteiger partial charge in [0, 0.05) is 23.2 Å². The molecule has 10 heteroatoms. The number of amides is 1. The number of hydrogen-bond acceptors (Lipinski definition) is 3. The molecule has 0 bridgehead atoms.